The maximum Gasteiger partial charge on any atom is 0.224 e. The number of hydrogen-bond acceptors (Lipinski definition) is 2. The van der Waals surface area contributed by atoms with Crippen LogP contribution in [0.5, 0.6) is 5.75 Å². The zero-order valence-corrected chi connectivity index (χ0v) is 11.8. The van der Waals surface area contributed by atoms with E-state index in [4.69, 9.17) is 4.74 Å². The first-order valence-corrected chi connectivity index (χ1v) is 6.80. The van der Waals surface area contributed by atoms with E-state index in [1.807, 2.05) is 24.3 Å². The van der Waals surface area contributed by atoms with Crippen LogP contribution in [0.1, 0.15) is 18.9 Å². The average molecular weight is 300 g/mol. The summed E-state index contributed by atoms with van der Waals surface area (Å²) in [4.78, 5) is 11.8. The Labute approximate surface area is 111 Å². The van der Waals surface area contributed by atoms with Gasteiger partial charge < -0.3 is 10.1 Å². The van der Waals surface area contributed by atoms with Crippen molar-refractivity contribution >= 4 is 21.8 Å². The van der Waals surface area contributed by atoms with Crippen molar-refractivity contribution in [3.8, 4) is 5.75 Å². The van der Waals surface area contributed by atoms with Crippen LogP contribution in [0.3, 0.4) is 0 Å². The summed E-state index contributed by atoms with van der Waals surface area (Å²) in [5, 5.41) is 3.75. The number of rotatable bonds is 6. The molecule has 3 nitrogen and oxygen atoms in total. The fourth-order valence-electron chi connectivity index (χ4n) is 1.55. The predicted octanol–water partition coefficient (Wildman–Crippen LogP) is 2.53. The molecule has 0 saturated heterocycles. The average Bonchev–Trinajstić information content (AvgIpc) is 2.36. The summed E-state index contributed by atoms with van der Waals surface area (Å²) in [5.41, 5.74) is 0.914. The van der Waals surface area contributed by atoms with Crippen molar-refractivity contribution in [2.75, 3.05) is 12.4 Å². The van der Waals surface area contributed by atoms with Gasteiger partial charge in [-0.25, -0.2) is 0 Å². The van der Waals surface area contributed by atoms with Crippen LogP contribution in [-0.2, 0) is 11.2 Å². The van der Waals surface area contributed by atoms with Crippen molar-refractivity contribution in [1.29, 1.82) is 0 Å². The molecule has 1 unspecified atom stereocenters. The lowest BCUT2D eigenvalue weighted by Crippen LogP contribution is -2.36. The van der Waals surface area contributed by atoms with Crippen LogP contribution in [0.15, 0.2) is 24.3 Å². The van der Waals surface area contributed by atoms with Gasteiger partial charge in [0.05, 0.1) is 13.5 Å². The van der Waals surface area contributed by atoms with Gasteiger partial charge in [-0.3, -0.25) is 4.79 Å². The second-order valence-corrected chi connectivity index (χ2v) is 4.46. The molecule has 0 heterocycles. The molecule has 0 aromatic heterocycles. The highest BCUT2D eigenvalue weighted by Gasteiger charge is 2.11. The zero-order chi connectivity index (χ0) is 12.7. The van der Waals surface area contributed by atoms with Crippen molar-refractivity contribution in [2.24, 2.45) is 0 Å². The molecule has 1 amide bonds. The van der Waals surface area contributed by atoms with Crippen LogP contribution < -0.4 is 10.1 Å². The molecule has 4 heteroatoms. The minimum absolute atomic E-state index is 0.0285. The van der Waals surface area contributed by atoms with Gasteiger partial charge in [-0.15, -0.1) is 0 Å². The number of hydrogen-bond donors (Lipinski definition) is 1. The number of carbonyl (C=O) groups excluding carboxylic acids is 1. The van der Waals surface area contributed by atoms with Gasteiger partial charge in [0, 0.05) is 16.9 Å². The molecule has 0 radical (unpaired) electrons. The molecule has 1 aromatic rings. The summed E-state index contributed by atoms with van der Waals surface area (Å²) in [6.45, 7) is 2.05. The molecule has 0 bridgehead atoms. The van der Waals surface area contributed by atoms with Gasteiger partial charge in [0.1, 0.15) is 5.75 Å². The van der Waals surface area contributed by atoms with Gasteiger partial charge in [0.2, 0.25) is 5.91 Å². The van der Waals surface area contributed by atoms with Gasteiger partial charge >= 0.3 is 0 Å². The number of carbonyl (C=O) groups is 1. The third-order valence-electron chi connectivity index (χ3n) is 2.59. The molecule has 0 aliphatic heterocycles. The summed E-state index contributed by atoms with van der Waals surface area (Å²) in [7, 11) is 1.62. The smallest absolute Gasteiger partial charge is 0.224 e. The molecule has 0 saturated carbocycles. The summed E-state index contributed by atoms with van der Waals surface area (Å²) < 4.78 is 5.21. The lowest BCUT2D eigenvalue weighted by Gasteiger charge is -2.14. The topological polar surface area (TPSA) is 38.3 Å². The van der Waals surface area contributed by atoms with Crippen LogP contribution in [0.4, 0.5) is 0 Å². The quantitative estimate of drug-likeness (QED) is 0.820. The number of alkyl halides is 1. The largest absolute Gasteiger partial charge is 0.496 e. The SMILES string of the molecule is CCC(CBr)NC(=O)Cc1ccccc1OC. The van der Waals surface area contributed by atoms with E-state index in [1.54, 1.807) is 7.11 Å². The fraction of sp³-hybridized carbons (Fsp3) is 0.462. The molecule has 0 aliphatic carbocycles. The molecule has 0 fully saturated rings. The number of amides is 1. The van der Waals surface area contributed by atoms with Gasteiger partial charge in [-0.1, -0.05) is 41.1 Å². The second-order valence-electron chi connectivity index (χ2n) is 3.82. The Morgan fingerprint density at radius 2 is 2.18 bits per heavy atom. The van der Waals surface area contributed by atoms with E-state index in [0.717, 1.165) is 23.1 Å². The molecule has 94 valence electrons. The van der Waals surface area contributed by atoms with Gasteiger partial charge in [-0.05, 0) is 12.5 Å². The molecular weight excluding hydrogens is 282 g/mol. The van der Waals surface area contributed by atoms with Gasteiger partial charge in [0.15, 0.2) is 0 Å². The number of ether oxygens (including phenoxy) is 1. The third-order valence-corrected chi connectivity index (χ3v) is 3.37. The Morgan fingerprint density at radius 1 is 1.47 bits per heavy atom. The summed E-state index contributed by atoms with van der Waals surface area (Å²) >= 11 is 3.38. The second kappa shape index (κ2) is 7.33. The normalized spacial score (nSPS) is 11.9. The highest BCUT2D eigenvalue weighted by molar-refractivity contribution is 9.09. The first kappa shape index (κ1) is 14.0. The first-order valence-electron chi connectivity index (χ1n) is 5.68. The highest BCUT2D eigenvalue weighted by Crippen LogP contribution is 2.17. The number of para-hydroxylation sites is 1. The number of methoxy groups -OCH3 is 1. The molecule has 0 spiro atoms. The van der Waals surface area contributed by atoms with Crippen molar-refractivity contribution in [1.82, 2.24) is 5.32 Å². The Balaban J connectivity index is 2.61. The minimum atomic E-state index is 0.0285. The predicted molar refractivity (Wildman–Crippen MR) is 72.7 cm³/mol. The molecule has 17 heavy (non-hydrogen) atoms. The van der Waals surface area contributed by atoms with E-state index >= 15 is 0 Å². The molecule has 1 atom stereocenters. The number of benzene rings is 1. The lowest BCUT2D eigenvalue weighted by molar-refractivity contribution is -0.121. The first-order chi connectivity index (χ1) is 8.21. The van der Waals surface area contributed by atoms with Gasteiger partial charge in [-0.2, -0.15) is 0 Å². The van der Waals surface area contributed by atoms with E-state index in [-0.39, 0.29) is 11.9 Å². The highest BCUT2D eigenvalue weighted by atomic mass is 79.9. The monoisotopic (exact) mass is 299 g/mol. The molecule has 1 N–H and O–H groups in total. The van der Waals surface area contributed by atoms with Gasteiger partial charge in [0.25, 0.3) is 0 Å². The van der Waals surface area contributed by atoms with E-state index in [0.29, 0.717) is 6.42 Å². The number of nitrogens with one attached hydrogen (secondary N) is 1. The standard InChI is InChI=1S/C13H18BrNO2/c1-3-11(9-14)15-13(16)8-10-6-4-5-7-12(10)17-2/h4-7,11H,3,8-9H2,1-2H3,(H,15,16). The number of halogens is 1. The Morgan fingerprint density at radius 3 is 2.76 bits per heavy atom. The Hall–Kier alpha value is -1.03. The van der Waals surface area contributed by atoms with Crippen LogP contribution >= 0.6 is 15.9 Å². The van der Waals surface area contributed by atoms with Crippen molar-refractivity contribution in [2.45, 2.75) is 25.8 Å². The van der Waals surface area contributed by atoms with Crippen LogP contribution in [0, 0.1) is 0 Å². The summed E-state index contributed by atoms with van der Waals surface area (Å²) in [6, 6.07) is 7.77. The maximum atomic E-state index is 11.8. The summed E-state index contributed by atoms with van der Waals surface area (Å²) in [5.74, 6) is 0.787. The molecular formula is C13H18BrNO2. The summed E-state index contributed by atoms with van der Waals surface area (Å²) in [6.07, 6.45) is 1.27. The Bertz CT molecular complexity index is 364. The van der Waals surface area contributed by atoms with Crippen molar-refractivity contribution in [3.05, 3.63) is 29.8 Å². The molecule has 1 rings (SSSR count). The van der Waals surface area contributed by atoms with Crippen LogP contribution in [0.2, 0.25) is 0 Å². The van der Waals surface area contributed by atoms with Crippen molar-refractivity contribution < 1.29 is 9.53 Å². The fourth-order valence-corrected chi connectivity index (χ4v) is 2.17. The molecule has 1 aromatic carbocycles. The van der Waals surface area contributed by atoms with Crippen LogP contribution in [0.25, 0.3) is 0 Å². The van der Waals surface area contributed by atoms with E-state index in [1.165, 1.54) is 0 Å². The van der Waals surface area contributed by atoms with Crippen molar-refractivity contribution in [3.63, 3.8) is 0 Å². The van der Waals surface area contributed by atoms with E-state index in [2.05, 4.69) is 28.2 Å². The van der Waals surface area contributed by atoms with E-state index < -0.39 is 0 Å². The minimum Gasteiger partial charge on any atom is -0.496 e. The Kier molecular flexibility index (Phi) is 6.05. The third kappa shape index (κ3) is 4.38. The lowest BCUT2D eigenvalue weighted by atomic mass is 10.1. The van der Waals surface area contributed by atoms with Crippen LogP contribution in [-0.4, -0.2) is 24.4 Å². The maximum absolute atomic E-state index is 11.8. The zero-order valence-electron chi connectivity index (χ0n) is 10.2. The molecule has 0 aliphatic rings. The van der Waals surface area contributed by atoms with E-state index in [9.17, 15) is 4.79 Å².